The first-order chi connectivity index (χ1) is 6.02. The maximum absolute atomic E-state index is 10.9. The molecule has 0 aliphatic carbocycles. The van der Waals surface area contributed by atoms with Crippen molar-refractivity contribution in [2.45, 2.75) is 25.8 Å². The summed E-state index contributed by atoms with van der Waals surface area (Å²) < 4.78 is 0. The maximum atomic E-state index is 10.9. The van der Waals surface area contributed by atoms with Crippen LogP contribution in [0.15, 0.2) is 0 Å². The quantitative estimate of drug-likeness (QED) is 0.584. The van der Waals surface area contributed by atoms with Crippen molar-refractivity contribution in [3.8, 4) is 0 Å². The first-order valence-electron chi connectivity index (χ1n) is 4.37. The molecule has 1 aliphatic heterocycles. The fraction of sp³-hybridized carbons (Fsp3) is 0.750. The lowest BCUT2D eigenvalue weighted by atomic mass is 9.93. The van der Waals surface area contributed by atoms with Gasteiger partial charge in [-0.2, -0.15) is 0 Å². The zero-order chi connectivity index (χ0) is 10.0. The molecule has 2 unspecified atom stereocenters. The van der Waals surface area contributed by atoms with Gasteiger partial charge in [0.2, 0.25) is 5.91 Å². The van der Waals surface area contributed by atoms with Crippen molar-refractivity contribution in [2.24, 2.45) is 17.4 Å². The van der Waals surface area contributed by atoms with Crippen LogP contribution in [0.25, 0.3) is 0 Å². The number of primary amides is 2. The van der Waals surface area contributed by atoms with E-state index in [1.165, 1.54) is 4.90 Å². The summed E-state index contributed by atoms with van der Waals surface area (Å²) in [5, 5.41) is 0. The van der Waals surface area contributed by atoms with Gasteiger partial charge in [-0.25, -0.2) is 4.79 Å². The van der Waals surface area contributed by atoms with E-state index >= 15 is 0 Å². The molecule has 1 aliphatic rings. The van der Waals surface area contributed by atoms with Crippen molar-refractivity contribution >= 4 is 11.9 Å². The lowest BCUT2D eigenvalue weighted by molar-refractivity contribution is -0.123. The second kappa shape index (κ2) is 3.64. The van der Waals surface area contributed by atoms with Crippen molar-refractivity contribution in [3.63, 3.8) is 0 Å². The predicted molar refractivity (Wildman–Crippen MR) is 47.7 cm³/mol. The molecule has 5 heteroatoms. The van der Waals surface area contributed by atoms with E-state index in [1.807, 2.05) is 6.92 Å². The SMILES string of the molecule is CC1CCC(C(N)=O)CN1C(N)=O. The molecule has 1 rings (SSSR count). The normalized spacial score (nSPS) is 28.5. The standard InChI is InChI=1S/C8H15N3O2/c1-5-2-3-6(7(9)12)4-11(5)8(10)13/h5-6H,2-4H2,1H3,(H2,9,12)(H2,10,13). The summed E-state index contributed by atoms with van der Waals surface area (Å²) in [5.41, 5.74) is 10.3. The Kier molecular flexibility index (Phi) is 2.75. The third-order valence-corrected chi connectivity index (χ3v) is 2.57. The Morgan fingerprint density at radius 2 is 1.92 bits per heavy atom. The number of hydrogen-bond donors (Lipinski definition) is 2. The average molecular weight is 185 g/mol. The van der Waals surface area contributed by atoms with E-state index < -0.39 is 6.03 Å². The fourth-order valence-electron chi connectivity index (χ4n) is 1.65. The van der Waals surface area contributed by atoms with Crippen LogP contribution in [-0.2, 0) is 4.79 Å². The molecule has 1 heterocycles. The lowest BCUT2D eigenvalue weighted by Gasteiger charge is -2.35. The van der Waals surface area contributed by atoms with Gasteiger partial charge in [0.1, 0.15) is 0 Å². The van der Waals surface area contributed by atoms with Gasteiger partial charge in [-0.15, -0.1) is 0 Å². The van der Waals surface area contributed by atoms with Crippen LogP contribution in [0.1, 0.15) is 19.8 Å². The van der Waals surface area contributed by atoms with Gasteiger partial charge >= 0.3 is 6.03 Å². The highest BCUT2D eigenvalue weighted by atomic mass is 16.2. The predicted octanol–water partition coefficient (Wildman–Crippen LogP) is -0.349. The van der Waals surface area contributed by atoms with Crippen molar-refractivity contribution < 1.29 is 9.59 Å². The Hall–Kier alpha value is -1.26. The highest BCUT2D eigenvalue weighted by Crippen LogP contribution is 2.20. The second-order valence-electron chi connectivity index (χ2n) is 3.52. The third-order valence-electron chi connectivity index (χ3n) is 2.57. The zero-order valence-electron chi connectivity index (χ0n) is 7.69. The van der Waals surface area contributed by atoms with E-state index in [9.17, 15) is 9.59 Å². The number of nitrogens with zero attached hydrogens (tertiary/aromatic N) is 1. The summed E-state index contributed by atoms with van der Waals surface area (Å²) in [6.07, 6.45) is 1.54. The first-order valence-corrected chi connectivity index (χ1v) is 4.37. The molecule has 3 amide bonds. The number of nitrogens with two attached hydrogens (primary N) is 2. The van der Waals surface area contributed by atoms with Crippen LogP contribution in [0, 0.1) is 5.92 Å². The van der Waals surface area contributed by atoms with Crippen LogP contribution in [0.4, 0.5) is 4.79 Å². The molecular formula is C8H15N3O2. The van der Waals surface area contributed by atoms with Crippen molar-refractivity contribution in [1.82, 2.24) is 4.90 Å². The molecule has 0 radical (unpaired) electrons. The number of hydrogen-bond acceptors (Lipinski definition) is 2. The van der Waals surface area contributed by atoms with E-state index in [0.717, 1.165) is 12.8 Å². The van der Waals surface area contributed by atoms with Crippen LogP contribution in [0.2, 0.25) is 0 Å². The number of rotatable bonds is 1. The van der Waals surface area contributed by atoms with Crippen LogP contribution in [0.5, 0.6) is 0 Å². The number of carbonyl (C=O) groups is 2. The van der Waals surface area contributed by atoms with Crippen molar-refractivity contribution in [1.29, 1.82) is 0 Å². The summed E-state index contributed by atoms with van der Waals surface area (Å²) >= 11 is 0. The highest BCUT2D eigenvalue weighted by Gasteiger charge is 2.30. The van der Waals surface area contributed by atoms with E-state index in [-0.39, 0.29) is 17.9 Å². The highest BCUT2D eigenvalue weighted by molar-refractivity contribution is 5.79. The van der Waals surface area contributed by atoms with Gasteiger partial charge in [0, 0.05) is 12.6 Å². The number of urea groups is 1. The Balaban J connectivity index is 2.63. The van der Waals surface area contributed by atoms with Gasteiger partial charge in [-0.3, -0.25) is 4.79 Å². The van der Waals surface area contributed by atoms with E-state index in [2.05, 4.69) is 0 Å². The molecule has 0 aromatic rings. The van der Waals surface area contributed by atoms with Gasteiger partial charge in [0.05, 0.1) is 5.92 Å². The van der Waals surface area contributed by atoms with Crippen LogP contribution in [0.3, 0.4) is 0 Å². The topological polar surface area (TPSA) is 89.4 Å². The molecule has 0 saturated carbocycles. The molecule has 74 valence electrons. The molecule has 0 aromatic carbocycles. The maximum Gasteiger partial charge on any atom is 0.315 e. The Bertz CT molecular complexity index is 229. The number of carbonyl (C=O) groups excluding carboxylic acids is 2. The van der Waals surface area contributed by atoms with Gasteiger partial charge in [0.15, 0.2) is 0 Å². The second-order valence-corrected chi connectivity index (χ2v) is 3.52. The lowest BCUT2D eigenvalue weighted by Crippen LogP contribution is -2.50. The van der Waals surface area contributed by atoms with Crippen molar-refractivity contribution in [3.05, 3.63) is 0 Å². The minimum Gasteiger partial charge on any atom is -0.369 e. The number of amides is 3. The number of likely N-dealkylation sites (tertiary alicyclic amines) is 1. The smallest absolute Gasteiger partial charge is 0.315 e. The molecule has 4 N–H and O–H groups in total. The van der Waals surface area contributed by atoms with E-state index in [4.69, 9.17) is 11.5 Å². The summed E-state index contributed by atoms with van der Waals surface area (Å²) in [4.78, 5) is 23.3. The minimum atomic E-state index is -0.474. The first kappa shape index (κ1) is 9.83. The van der Waals surface area contributed by atoms with E-state index in [1.54, 1.807) is 0 Å². The van der Waals surface area contributed by atoms with Crippen LogP contribution >= 0.6 is 0 Å². The summed E-state index contributed by atoms with van der Waals surface area (Å²) in [6.45, 7) is 2.29. The molecule has 1 fully saturated rings. The largest absolute Gasteiger partial charge is 0.369 e. The minimum absolute atomic E-state index is 0.119. The van der Waals surface area contributed by atoms with Gasteiger partial charge in [-0.1, -0.05) is 0 Å². The van der Waals surface area contributed by atoms with Crippen LogP contribution < -0.4 is 11.5 Å². The number of piperidine rings is 1. The zero-order valence-corrected chi connectivity index (χ0v) is 7.69. The Labute approximate surface area is 77.1 Å². The Morgan fingerprint density at radius 1 is 1.31 bits per heavy atom. The molecular weight excluding hydrogens is 170 g/mol. The fourth-order valence-corrected chi connectivity index (χ4v) is 1.65. The molecule has 0 bridgehead atoms. The summed E-state index contributed by atoms with van der Waals surface area (Å²) in [5.74, 6) is -0.582. The molecule has 0 aromatic heterocycles. The van der Waals surface area contributed by atoms with Gasteiger partial charge in [-0.05, 0) is 19.8 Å². The van der Waals surface area contributed by atoms with E-state index in [0.29, 0.717) is 6.54 Å². The third kappa shape index (κ3) is 2.11. The Morgan fingerprint density at radius 3 is 2.38 bits per heavy atom. The van der Waals surface area contributed by atoms with Crippen LogP contribution in [-0.4, -0.2) is 29.4 Å². The summed E-state index contributed by atoms with van der Waals surface area (Å²) in [6, 6.07) is -0.355. The molecule has 13 heavy (non-hydrogen) atoms. The molecule has 5 nitrogen and oxygen atoms in total. The average Bonchev–Trinajstić information content (AvgIpc) is 2.04. The molecule has 2 atom stereocenters. The van der Waals surface area contributed by atoms with Crippen molar-refractivity contribution in [2.75, 3.05) is 6.54 Å². The monoisotopic (exact) mass is 185 g/mol. The van der Waals surface area contributed by atoms with Gasteiger partial charge < -0.3 is 16.4 Å². The molecule has 1 saturated heterocycles. The molecule has 0 spiro atoms. The van der Waals surface area contributed by atoms with Gasteiger partial charge in [0.25, 0.3) is 0 Å². The summed E-state index contributed by atoms with van der Waals surface area (Å²) in [7, 11) is 0.